The first-order valence-electron chi connectivity index (χ1n) is 17.9. The van der Waals surface area contributed by atoms with Crippen LogP contribution in [0.3, 0.4) is 0 Å². The number of hydrogen-bond donors (Lipinski definition) is 2. The van der Waals surface area contributed by atoms with E-state index in [9.17, 15) is 0 Å². The van der Waals surface area contributed by atoms with Crippen LogP contribution in [0, 0.1) is 0 Å². The van der Waals surface area contributed by atoms with Gasteiger partial charge in [0.05, 0.1) is 60.2 Å². The van der Waals surface area contributed by atoms with Crippen LogP contribution in [0.4, 0.5) is 11.4 Å². The Morgan fingerprint density at radius 2 is 1.08 bits per heavy atom. The third kappa shape index (κ3) is 8.54. The van der Waals surface area contributed by atoms with Gasteiger partial charge in [0.1, 0.15) is 34.3 Å². The Bertz CT molecular complexity index is 2010. The minimum Gasteiger partial charge on any atom is -0.491 e. The average Bonchev–Trinajstić information content (AvgIpc) is 3.93. The van der Waals surface area contributed by atoms with Gasteiger partial charge in [0.15, 0.2) is 0 Å². The molecule has 2 N–H and O–H groups in total. The molecule has 0 saturated carbocycles. The summed E-state index contributed by atoms with van der Waals surface area (Å²) in [6.07, 6.45) is 6.35. The summed E-state index contributed by atoms with van der Waals surface area (Å²) in [7, 11) is 0. The molecular formula is C38H48N10O3. The van der Waals surface area contributed by atoms with Gasteiger partial charge in [-0.1, -0.05) is 13.8 Å². The standard InChI is InChI=1S/C18H21N5O2.C18H21N5O.C2H6/c1-12(2)25-14-3-4-16-15(10-14)18(22-21-16)17-9-13(11-19-20-17)23-5-7-24-8-6-23;1-12(2)24-14-5-6-16-15(10-14)18(22-21-16)17-9-13(11-19-20-17)23-7-3-4-8-23;1-2/h3-4,9-12H,5-8H2,1-2H3,(H,21,22);5-6,9-12H,3-4,7-8H2,1-2H3,(H,21,22);1-2H3. The lowest BCUT2D eigenvalue weighted by molar-refractivity contribution is 0.122. The van der Waals surface area contributed by atoms with Crippen LogP contribution in [0.1, 0.15) is 54.4 Å². The monoisotopic (exact) mass is 692 g/mol. The molecule has 0 amide bonds. The topological polar surface area (TPSA) is 143 Å². The Balaban J connectivity index is 0.000000168. The van der Waals surface area contributed by atoms with Gasteiger partial charge in [-0.25, -0.2) is 0 Å². The third-order valence-corrected chi connectivity index (χ3v) is 8.43. The Hall–Kier alpha value is -5.30. The van der Waals surface area contributed by atoms with E-state index in [0.717, 1.165) is 107 Å². The zero-order chi connectivity index (χ0) is 35.7. The number of nitrogens with zero attached hydrogens (tertiary/aromatic N) is 8. The number of morpholine rings is 1. The molecule has 13 heteroatoms. The van der Waals surface area contributed by atoms with Crippen molar-refractivity contribution in [3.05, 3.63) is 60.9 Å². The molecule has 0 aliphatic carbocycles. The van der Waals surface area contributed by atoms with E-state index in [-0.39, 0.29) is 12.2 Å². The van der Waals surface area contributed by atoms with Gasteiger partial charge in [0.25, 0.3) is 0 Å². The first kappa shape index (κ1) is 35.5. The summed E-state index contributed by atoms with van der Waals surface area (Å²) in [5, 5.41) is 33.9. The lowest BCUT2D eigenvalue weighted by Crippen LogP contribution is -2.36. The van der Waals surface area contributed by atoms with E-state index in [1.807, 2.05) is 90.2 Å². The summed E-state index contributed by atoms with van der Waals surface area (Å²) in [5.74, 6) is 1.66. The Kier molecular flexibility index (Phi) is 11.6. The minimum absolute atomic E-state index is 0.122. The van der Waals surface area contributed by atoms with Crippen LogP contribution >= 0.6 is 0 Å². The molecule has 0 spiro atoms. The normalized spacial score (nSPS) is 14.4. The van der Waals surface area contributed by atoms with Crippen molar-refractivity contribution < 1.29 is 14.2 Å². The van der Waals surface area contributed by atoms with Gasteiger partial charge < -0.3 is 24.0 Å². The van der Waals surface area contributed by atoms with Crippen molar-refractivity contribution in [2.24, 2.45) is 0 Å². The maximum atomic E-state index is 5.80. The van der Waals surface area contributed by atoms with Gasteiger partial charge >= 0.3 is 0 Å². The number of H-pyrrole nitrogens is 2. The van der Waals surface area contributed by atoms with Gasteiger partial charge in [-0.3, -0.25) is 10.2 Å². The lowest BCUT2D eigenvalue weighted by Gasteiger charge is -2.28. The number of nitrogens with one attached hydrogen (secondary N) is 2. The fourth-order valence-corrected chi connectivity index (χ4v) is 6.15. The van der Waals surface area contributed by atoms with Crippen LogP contribution in [-0.4, -0.2) is 92.4 Å². The molecule has 2 saturated heterocycles. The molecular weight excluding hydrogens is 644 g/mol. The SMILES string of the molecule is CC.CC(C)Oc1ccc2[nH]nc(-c3cc(N4CCCC4)cnn3)c2c1.CC(C)Oc1ccc2[nH]nc(-c3cc(N4CCOCC4)cnn3)c2c1. The molecule has 2 aliphatic heterocycles. The van der Waals surface area contributed by atoms with Crippen molar-refractivity contribution in [3.63, 3.8) is 0 Å². The zero-order valence-electron chi connectivity index (χ0n) is 30.4. The van der Waals surface area contributed by atoms with E-state index in [1.165, 1.54) is 12.8 Å². The van der Waals surface area contributed by atoms with Gasteiger partial charge in [0, 0.05) is 37.0 Å². The molecule has 0 atom stereocenters. The molecule has 51 heavy (non-hydrogen) atoms. The van der Waals surface area contributed by atoms with Crippen LogP contribution in [-0.2, 0) is 4.74 Å². The largest absolute Gasteiger partial charge is 0.491 e. The van der Waals surface area contributed by atoms with Crippen molar-refractivity contribution in [3.8, 4) is 34.3 Å². The van der Waals surface area contributed by atoms with Crippen LogP contribution in [0.25, 0.3) is 44.6 Å². The molecule has 268 valence electrons. The molecule has 4 aromatic heterocycles. The Labute approximate surface area is 298 Å². The molecule has 0 bridgehead atoms. The minimum atomic E-state index is 0.122. The zero-order valence-corrected chi connectivity index (χ0v) is 30.4. The van der Waals surface area contributed by atoms with Gasteiger partial charge in [-0.15, -0.1) is 10.2 Å². The smallest absolute Gasteiger partial charge is 0.120 e. The van der Waals surface area contributed by atoms with Crippen molar-refractivity contribution in [1.29, 1.82) is 0 Å². The molecule has 6 heterocycles. The summed E-state index contributed by atoms with van der Waals surface area (Å²) in [4.78, 5) is 4.60. The van der Waals surface area contributed by atoms with E-state index >= 15 is 0 Å². The maximum absolute atomic E-state index is 5.80. The highest BCUT2D eigenvalue weighted by Gasteiger charge is 2.18. The molecule has 6 aromatic rings. The fraction of sp³-hybridized carbons (Fsp3) is 0.421. The number of anilines is 2. The van der Waals surface area contributed by atoms with Crippen molar-refractivity contribution in [2.75, 3.05) is 49.2 Å². The van der Waals surface area contributed by atoms with Crippen LogP contribution in [0.5, 0.6) is 11.5 Å². The summed E-state index contributed by atoms with van der Waals surface area (Å²) < 4.78 is 17.0. The summed E-state index contributed by atoms with van der Waals surface area (Å²) in [6, 6.07) is 16.0. The molecule has 2 fully saturated rings. The number of aromatic amines is 2. The summed E-state index contributed by atoms with van der Waals surface area (Å²) >= 11 is 0. The molecule has 2 aromatic carbocycles. The number of aromatic nitrogens is 8. The van der Waals surface area contributed by atoms with E-state index in [1.54, 1.807) is 6.20 Å². The van der Waals surface area contributed by atoms with Gasteiger partial charge in [-0.05, 0) is 89.1 Å². The summed E-state index contributed by atoms with van der Waals surface area (Å²) in [5.41, 5.74) is 7.20. The first-order valence-corrected chi connectivity index (χ1v) is 17.9. The number of rotatable bonds is 8. The van der Waals surface area contributed by atoms with Crippen LogP contribution in [0.15, 0.2) is 60.9 Å². The van der Waals surface area contributed by atoms with E-state index in [0.29, 0.717) is 0 Å². The molecule has 8 rings (SSSR count). The third-order valence-electron chi connectivity index (χ3n) is 8.43. The predicted octanol–water partition coefficient (Wildman–Crippen LogP) is 7.08. The number of benzene rings is 2. The fourth-order valence-electron chi connectivity index (χ4n) is 6.15. The summed E-state index contributed by atoms with van der Waals surface area (Å²) in [6.45, 7) is 17.4. The second-order valence-electron chi connectivity index (χ2n) is 12.8. The highest BCUT2D eigenvalue weighted by molar-refractivity contribution is 5.94. The molecule has 13 nitrogen and oxygen atoms in total. The van der Waals surface area contributed by atoms with Gasteiger partial charge in [0.2, 0.25) is 0 Å². The van der Waals surface area contributed by atoms with Crippen LogP contribution < -0.4 is 19.3 Å². The number of fused-ring (bicyclic) bond motifs is 2. The highest BCUT2D eigenvalue weighted by atomic mass is 16.5. The Morgan fingerprint density at radius 1 is 0.627 bits per heavy atom. The molecule has 0 unspecified atom stereocenters. The van der Waals surface area contributed by atoms with Crippen molar-refractivity contribution in [2.45, 2.75) is 66.6 Å². The highest BCUT2D eigenvalue weighted by Crippen LogP contribution is 2.32. The average molecular weight is 693 g/mol. The second kappa shape index (κ2) is 16.6. The second-order valence-corrected chi connectivity index (χ2v) is 12.8. The van der Waals surface area contributed by atoms with Crippen LogP contribution in [0.2, 0.25) is 0 Å². The molecule has 2 aliphatic rings. The van der Waals surface area contributed by atoms with E-state index in [2.05, 4.69) is 56.7 Å². The quantitative estimate of drug-likeness (QED) is 0.169. The van der Waals surface area contributed by atoms with Crippen molar-refractivity contribution >= 4 is 33.2 Å². The van der Waals surface area contributed by atoms with Gasteiger partial charge in [-0.2, -0.15) is 20.4 Å². The Morgan fingerprint density at radius 3 is 1.53 bits per heavy atom. The number of hydrogen-bond acceptors (Lipinski definition) is 11. The lowest BCUT2D eigenvalue weighted by atomic mass is 10.1. The van der Waals surface area contributed by atoms with E-state index in [4.69, 9.17) is 14.2 Å². The number of ether oxygens (including phenoxy) is 3. The molecule has 0 radical (unpaired) electrons. The van der Waals surface area contributed by atoms with E-state index < -0.39 is 0 Å². The maximum Gasteiger partial charge on any atom is 0.120 e. The first-order chi connectivity index (χ1) is 24.9. The van der Waals surface area contributed by atoms with Crippen molar-refractivity contribution in [1.82, 2.24) is 40.8 Å². The predicted molar refractivity (Wildman–Crippen MR) is 202 cm³/mol.